The zero-order chi connectivity index (χ0) is 15.7. The molecule has 0 spiro atoms. The zero-order valence-electron chi connectivity index (χ0n) is 10.9. The Morgan fingerprint density at radius 2 is 1.45 bits per heavy atom. The second-order valence-corrected chi connectivity index (χ2v) is 7.49. The van der Waals surface area contributed by atoms with E-state index in [1.54, 1.807) is 12.4 Å². The SMILES string of the molecule is Brc1cnc2[nH]ccc2c1I.Clc1c(Br)cnc2[nH]ccc12. The Labute approximate surface area is 161 Å². The maximum absolute atomic E-state index is 5.96. The summed E-state index contributed by atoms with van der Waals surface area (Å²) in [7, 11) is 0. The fourth-order valence-electron chi connectivity index (χ4n) is 1.90. The Balaban J connectivity index is 0.000000131. The van der Waals surface area contributed by atoms with Crippen molar-refractivity contribution in [2.24, 2.45) is 0 Å². The first kappa shape index (κ1) is 16.2. The van der Waals surface area contributed by atoms with Gasteiger partial charge in [-0.05, 0) is 66.6 Å². The Kier molecular flexibility index (Phi) is 5.06. The number of rotatable bonds is 0. The van der Waals surface area contributed by atoms with E-state index in [9.17, 15) is 0 Å². The van der Waals surface area contributed by atoms with Gasteiger partial charge in [0.2, 0.25) is 0 Å². The van der Waals surface area contributed by atoms with Crippen LogP contribution in [0.1, 0.15) is 0 Å². The lowest BCUT2D eigenvalue weighted by molar-refractivity contribution is 1.31. The predicted molar refractivity (Wildman–Crippen MR) is 105 cm³/mol. The van der Waals surface area contributed by atoms with Crippen LogP contribution in [0.25, 0.3) is 22.1 Å². The molecule has 0 aromatic carbocycles. The second kappa shape index (κ2) is 6.86. The second-order valence-electron chi connectivity index (χ2n) is 4.32. The number of aromatic nitrogens is 4. The van der Waals surface area contributed by atoms with Crippen LogP contribution in [0.2, 0.25) is 5.02 Å². The van der Waals surface area contributed by atoms with Gasteiger partial charge in [0.05, 0.1) is 9.50 Å². The molecule has 0 saturated heterocycles. The van der Waals surface area contributed by atoms with Crippen LogP contribution in [-0.2, 0) is 0 Å². The van der Waals surface area contributed by atoms with Gasteiger partial charge in [-0.25, -0.2) is 9.97 Å². The predicted octanol–water partition coefficient (Wildman–Crippen LogP) is 5.91. The molecule has 0 aliphatic carbocycles. The first-order valence-corrected chi connectivity index (χ1v) is 9.16. The number of fused-ring (bicyclic) bond motifs is 2. The Morgan fingerprint density at radius 3 is 2.14 bits per heavy atom. The van der Waals surface area contributed by atoms with Crippen molar-refractivity contribution in [1.29, 1.82) is 0 Å². The minimum Gasteiger partial charge on any atom is -0.346 e. The summed E-state index contributed by atoms with van der Waals surface area (Å²) in [6.45, 7) is 0. The first-order chi connectivity index (χ1) is 10.6. The molecule has 2 N–H and O–H groups in total. The molecule has 4 aromatic heterocycles. The number of nitrogens with one attached hydrogen (secondary N) is 2. The van der Waals surface area contributed by atoms with Gasteiger partial charge in [-0.3, -0.25) is 0 Å². The van der Waals surface area contributed by atoms with Crippen LogP contribution in [0.3, 0.4) is 0 Å². The average molecular weight is 554 g/mol. The maximum Gasteiger partial charge on any atom is 0.138 e. The van der Waals surface area contributed by atoms with Crippen LogP contribution < -0.4 is 0 Å². The van der Waals surface area contributed by atoms with E-state index in [1.807, 2.05) is 24.5 Å². The van der Waals surface area contributed by atoms with E-state index < -0.39 is 0 Å². The molecule has 4 aromatic rings. The lowest BCUT2D eigenvalue weighted by Crippen LogP contribution is -1.80. The summed E-state index contributed by atoms with van der Waals surface area (Å²) in [6.07, 6.45) is 7.20. The van der Waals surface area contributed by atoms with Gasteiger partial charge in [0.1, 0.15) is 11.3 Å². The highest BCUT2D eigenvalue weighted by molar-refractivity contribution is 14.1. The molecule has 0 amide bonds. The molecule has 4 nitrogen and oxygen atoms in total. The van der Waals surface area contributed by atoms with Crippen molar-refractivity contribution in [3.8, 4) is 0 Å². The van der Waals surface area contributed by atoms with Gasteiger partial charge in [0.15, 0.2) is 0 Å². The van der Waals surface area contributed by atoms with Gasteiger partial charge >= 0.3 is 0 Å². The lowest BCUT2D eigenvalue weighted by atomic mass is 10.3. The number of aromatic amines is 2. The minimum absolute atomic E-state index is 0.705. The zero-order valence-corrected chi connectivity index (χ0v) is 17.0. The van der Waals surface area contributed by atoms with Crippen LogP contribution in [0.15, 0.2) is 45.9 Å². The van der Waals surface area contributed by atoms with Crippen LogP contribution in [0.4, 0.5) is 0 Å². The third kappa shape index (κ3) is 3.17. The summed E-state index contributed by atoms with van der Waals surface area (Å²) >= 11 is 15.0. The fourth-order valence-corrected chi connectivity index (χ4v) is 3.31. The maximum atomic E-state index is 5.96. The molecule has 0 fully saturated rings. The summed E-state index contributed by atoms with van der Waals surface area (Å²) in [5.74, 6) is 0. The normalized spacial score (nSPS) is 10.7. The number of nitrogens with zero attached hydrogens (tertiary/aromatic N) is 2. The number of hydrogen-bond donors (Lipinski definition) is 2. The monoisotopic (exact) mass is 552 g/mol. The Morgan fingerprint density at radius 1 is 0.909 bits per heavy atom. The molecule has 0 atom stereocenters. The summed E-state index contributed by atoms with van der Waals surface area (Å²) in [5.41, 5.74) is 1.76. The van der Waals surface area contributed by atoms with E-state index >= 15 is 0 Å². The van der Waals surface area contributed by atoms with Crippen molar-refractivity contribution < 1.29 is 0 Å². The highest BCUT2D eigenvalue weighted by atomic mass is 127. The van der Waals surface area contributed by atoms with Crippen molar-refractivity contribution in [2.45, 2.75) is 0 Å². The van der Waals surface area contributed by atoms with E-state index in [2.05, 4.69) is 74.4 Å². The van der Waals surface area contributed by atoms with Crippen molar-refractivity contribution in [1.82, 2.24) is 19.9 Å². The van der Waals surface area contributed by atoms with Crippen molar-refractivity contribution in [2.75, 3.05) is 0 Å². The van der Waals surface area contributed by atoms with Crippen molar-refractivity contribution in [3.05, 3.63) is 54.5 Å². The molecule has 22 heavy (non-hydrogen) atoms. The van der Waals surface area contributed by atoms with Gasteiger partial charge < -0.3 is 9.97 Å². The van der Waals surface area contributed by atoms with Gasteiger partial charge in [-0.1, -0.05) is 11.6 Å². The number of halogens is 4. The smallest absolute Gasteiger partial charge is 0.138 e. The standard InChI is InChI=1S/C7H4BrClN2.C7H4BrIN2/c2*8-5-3-11-7-4(6(5)9)1-2-10-7/h2*1-3H,(H,10,11). The van der Waals surface area contributed by atoms with Crippen LogP contribution in [0, 0.1) is 3.57 Å². The van der Waals surface area contributed by atoms with E-state index in [0.717, 1.165) is 25.6 Å². The van der Waals surface area contributed by atoms with Crippen LogP contribution in [0.5, 0.6) is 0 Å². The minimum atomic E-state index is 0.705. The molecule has 4 rings (SSSR count). The molecule has 0 aliphatic rings. The van der Waals surface area contributed by atoms with Crippen LogP contribution >= 0.6 is 66.1 Å². The molecular formula is C14H8Br2ClIN4. The highest BCUT2D eigenvalue weighted by Crippen LogP contribution is 2.28. The van der Waals surface area contributed by atoms with Crippen molar-refractivity contribution >= 4 is 88.1 Å². The molecule has 0 saturated carbocycles. The fraction of sp³-hybridized carbons (Fsp3) is 0. The molecular weight excluding hydrogens is 546 g/mol. The first-order valence-electron chi connectivity index (χ1n) is 6.12. The lowest BCUT2D eigenvalue weighted by Gasteiger charge is -1.95. The topological polar surface area (TPSA) is 57.4 Å². The summed E-state index contributed by atoms with van der Waals surface area (Å²) in [5, 5.41) is 2.82. The largest absolute Gasteiger partial charge is 0.346 e. The quantitative estimate of drug-likeness (QED) is 0.266. The molecule has 0 aliphatic heterocycles. The molecule has 0 unspecified atom stereocenters. The third-order valence-electron chi connectivity index (χ3n) is 2.96. The number of H-pyrrole nitrogens is 2. The molecule has 8 heteroatoms. The number of hydrogen-bond acceptors (Lipinski definition) is 2. The average Bonchev–Trinajstić information content (AvgIpc) is 3.16. The summed E-state index contributed by atoms with van der Waals surface area (Å²) < 4.78 is 3.07. The van der Waals surface area contributed by atoms with E-state index in [-0.39, 0.29) is 0 Å². The van der Waals surface area contributed by atoms with E-state index in [4.69, 9.17) is 11.6 Å². The highest BCUT2D eigenvalue weighted by Gasteiger charge is 2.04. The van der Waals surface area contributed by atoms with E-state index in [0.29, 0.717) is 5.02 Å². The van der Waals surface area contributed by atoms with Crippen LogP contribution in [-0.4, -0.2) is 19.9 Å². The van der Waals surface area contributed by atoms with Gasteiger partial charge in [0, 0.05) is 43.6 Å². The molecule has 112 valence electrons. The molecule has 4 heterocycles. The Hall–Kier alpha value is -0.640. The number of pyridine rings is 2. The van der Waals surface area contributed by atoms with Gasteiger partial charge in [-0.15, -0.1) is 0 Å². The summed E-state index contributed by atoms with van der Waals surface area (Å²) in [6, 6.07) is 3.92. The third-order valence-corrected chi connectivity index (χ3v) is 6.70. The van der Waals surface area contributed by atoms with Crippen molar-refractivity contribution in [3.63, 3.8) is 0 Å². The van der Waals surface area contributed by atoms with Gasteiger partial charge in [0.25, 0.3) is 0 Å². The van der Waals surface area contributed by atoms with Gasteiger partial charge in [-0.2, -0.15) is 0 Å². The van der Waals surface area contributed by atoms with E-state index in [1.165, 1.54) is 8.96 Å². The molecule has 0 bridgehead atoms. The summed E-state index contributed by atoms with van der Waals surface area (Å²) in [4.78, 5) is 14.3. The Bertz CT molecular complexity index is 872. The molecule has 0 radical (unpaired) electrons.